The lowest BCUT2D eigenvalue weighted by molar-refractivity contribution is -0.152. The van der Waals surface area contributed by atoms with E-state index in [4.69, 9.17) is 14.2 Å². The Morgan fingerprint density at radius 2 is 1.26 bits per heavy atom. The molecule has 3 rings (SSSR count). The molecule has 1 unspecified atom stereocenters. The van der Waals surface area contributed by atoms with E-state index in [0.29, 0.717) is 17.7 Å². The minimum absolute atomic E-state index is 0.00304. The smallest absolute Gasteiger partial charge is 0.377 e. The van der Waals surface area contributed by atoms with Gasteiger partial charge < -0.3 is 19.3 Å². The van der Waals surface area contributed by atoms with Crippen molar-refractivity contribution in [3.05, 3.63) is 113 Å². The molecule has 0 bridgehead atoms. The van der Waals surface area contributed by atoms with Gasteiger partial charge >= 0.3 is 5.97 Å². The fourth-order valence-electron chi connectivity index (χ4n) is 3.92. The zero-order valence-corrected chi connectivity index (χ0v) is 20.6. The van der Waals surface area contributed by atoms with Crippen LogP contribution in [0.25, 0.3) is 5.76 Å². The Hall–Kier alpha value is -3.57. The number of hydrogen-bond acceptors (Lipinski definition) is 5. The number of hydrogen-bond donors (Lipinski definition) is 1. The molecule has 0 saturated heterocycles. The first-order chi connectivity index (χ1) is 17.0. The minimum Gasteiger partial charge on any atom is -0.484 e. The zero-order valence-electron chi connectivity index (χ0n) is 20.6. The molecule has 0 fully saturated rings. The topological polar surface area (TPSA) is 65.0 Å². The maximum absolute atomic E-state index is 13.5. The van der Waals surface area contributed by atoms with Gasteiger partial charge in [-0.05, 0) is 31.4 Å². The Bertz CT molecular complexity index is 1060. The first kappa shape index (κ1) is 26.0. The largest absolute Gasteiger partial charge is 0.484 e. The summed E-state index contributed by atoms with van der Waals surface area (Å²) in [4.78, 5) is 13.5. The van der Waals surface area contributed by atoms with Crippen molar-refractivity contribution in [2.75, 3.05) is 0 Å². The van der Waals surface area contributed by atoms with Gasteiger partial charge in [0.15, 0.2) is 5.76 Å². The van der Waals surface area contributed by atoms with Gasteiger partial charge in [0, 0.05) is 11.5 Å². The fourth-order valence-corrected chi connectivity index (χ4v) is 3.92. The van der Waals surface area contributed by atoms with Gasteiger partial charge in [-0.15, -0.1) is 0 Å². The van der Waals surface area contributed by atoms with Crippen LogP contribution in [0.2, 0.25) is 0 Å². The third-order valence-electron chi connectivity index (χ3n) is 5.87. The van der Waals surface area contributed by atoms with Crippen LogP contribution in [0.15, 0.2) is 96.8 Å². The Kier molecular flexibility index (Phi) is 9.93. The molecule has 3 aromatic carbocycles. The standard InChI is InChI=1S/C30H34O5/c1-4-27(22(2)31)23(3)35-30(32)29(34-21-25-16-10-6-11-17-25)28(26-18-12-7-13-19-26)33-20-24-14-8-5-9-15-24/h5-19,22-23,27,31H,4,20-21H2,1-3H3/t22-,23+,27?/m0/s1. The SMILES string of the molecule is CCC([C@H](C)O)[C@@H](C)OC(=O)C(OCc1ccccc1)=C(OCc1ccccc1)c1ccccc1. The van der Waals surface area contributed by atoms with E-state index in [-0.39, 0.29) is 24.9 Å². The van der Waals surface area contributed by atoms with Gasteiger partial charge in [0.1, 0.15) is 19.3 Å². The van der Waals surface area contributed by atoms with E-state index >= 15 is 0 Å². The van der Waals surface area contributed by atoms with Crippen molar-refractivity contribution in [2.24, 2.45) is 5.92 Å². The van der Waals surface area contributed by atoms with E-state index in [9.17, 15) is 9.90 Å². The summed E-state index contributed by atoms with van der Waals surface area (Å²) in [6.45, 7) is 5.90. The highest BCUT2D eigenvalue weighted by molar-refractivity contribution is 5.94. The second kappa shape index (κ2) is 13.4. The molecule has 5 heteroatoms. The molecule has 0 saturated carbocycles. The van der Waals surface area contributed by atoms with E-state index in [0.717, 1.165) is 11.1 Å². The summed E-state index contributed by atoms with van der Waals surface area (Å²) in [5.41, 5.74) is 2.58. The number of carbonyl (C=O) groups excluding carboxylic acids is 1. The van der Waals surface area contributed by atoms with Crippen molar-refractivity contribution < 1.29 is 24.1 Å². The van der Waals surface area contributed by atoms with E-state index in [1.807, 2.05) is 97.9 Å². The van der Waals surface area contributed by atoms with E-state index in [1.54, 1.807) is 13.8 Å². The predicted molar refractivity (Wildman–Crippen MR) is 137 cm³/mol. The monoisotopic (exact) mass is 474 g/mol. The van der Waals surface area contributed by atoms with Crippen LogP contribution >= 0.6 is 0 Å². The number of rotatable bonds is 12. The molecule has 0 spiro atoms. The van der Waals surface area contributed by atoms with Gasteiger partial charge in [0.05, 0.1) is 6.10 Å². The van der Waals surface area contributed by atoms with E-state index in [1.165, 1.54) is 0 Å². The van der Waals surface area contributed by atoms with Crippen molar-refractivity contribution in [3.8, 4) is 0 Å². The number of esters is 1. The summed E-state index contributed by atoms with van der Waals surface area (Å²) in [5, 5.41) is 10.1. The molecule has 0 radical (unpaired) electrons. The summed E-state index contributed by atoms with van der Waals surface area (Å²) < 4.78 is 18.1. The Morgan fingerprint density at radius 3 is 1.74 bits per heavy atom. The lowest BCUT2D eigenvalue weighted by Gasteiger charge is -2.26. The van der Waals surface area contributed by atoms with Crippen molar-refractivity contribution in [1.82, 2.24) is 0 Å². The molecule has 0 heterocycles. The highest BCUT2D eigenvalue weighted by Gasteiger charge is 2.29. The van der Waals surface area contributed by atoms with Crippen molar-refractivity contribution in [1.29, 1.82) is 0 Å². The number of benzene rings is 3. The van der Waals surface area contributed by atoms with Gasteiger partial charge in [-0.25, -0.2) is 4.79 Å². The lowest BCUT2D eigenvalue weighted by Crippen LogP contribution is -2.32. The quantitative estimate of drug-likeness (QED) is 0.194. The van der Waals surface area contributed by atoms with Crippen LogP contribution in [0.1, 0.15) is 43.9 Å². The highest BCUT2D eigenvalue weighted by Crippen LogP contribution is 2.26. The first-order valence-corrected chi connectivity index (χ1v) is 12.0. The van der Waals surface area contributed by atoms with Crippen LogP contribution < -0.4 is 0 Å². The summed E-state index contributed by atoms with van der Waals surface area (Å²) in [6.07, 6.45) is -0.441. The summed E-state index contributed by atoms with van der Waals surface area (Å²) in [6, 6.07) is 28.8. The molecule has 0 aliphatic rings. The summed E-state index contributed by atoms with van der Waals surface area (Å²) >= 11 is 0. The Morgan fingerprint density at radius 1 is 0.771 bits per heavy atom. The number of aliphatic hydroxyl groups is 1. The molecular weight excluding hydrogens is 440 g/mol. The van der Waals surface area contributed by atoms with Crippen LogP contribution in [-0.2, 0) is 32.2 Å². The Balaban J connectivity index is 1.97. The van der Waals surface area contributed by atoms with Crippen molar-refractivity contribution >= 4 is 11.7 Å². The Labute approximate surface area is 208 Å². The molecule has 0 amide bonds. The second-order valence-corrected chi connectivity index (χ2v) is 8.50. The summed E-state index contributed by atoms with van der Waals surface area (Å²) in [7, 11) is 0. The van der Waals surface area contributed by atoms with Gasteiger partial charge in [0.25, 0.3) is 0 Å². The molecule has 0 aliphatic carbocycles. The van der Waals surface area contributed by atoms with Crippen LogP contribution in [0.5, 0.6) is 0 Å². The molecular formula is C30H34O5. The number of ether oxygens (including phenoxy) is 3. The van der Waals surface area contributed by atoms with Crippen LogP contribution in [-0.4, -0.2) is 23.3 Å². The van der Waals surface area contributed by atoms with Gasteiger partial charge in [-0.1, -0.05) is 97.9 Å². The highest BCUT2D eigenvalue weighted by atomic mass is 16.6. The second-order valence-electron chi connectivity index (χ2n) is 8.50. The van der Waals surface area contributed by atoms with Gasteiger partial charge in [-0.2, -0.15) is 0 Å². The van der Waals surface area contributed by atoms with Crippen LogP contribution in [0, 0.1) is 5.92 Å². The molecule has 0 aromatic heterocycles. The van der Waals surface area contributed by atoms with E-state index < -0.39 is 18.2 Å². The molecule has 5 nitrogen and oxygen atoms in total. The first-order valence-electron chi connectivity index (χ1n) is 12.0. The van der Waals surface area contributed by atoms with E-state index in [2.05, 4.69) is 0 Å². The summed E-state index contributed by atoms with van der Waals surface area (Å²) in [5.74, 6) is -0.504. The third-order valence-corrected chi connectivity index (χ3v) is 5.87. The zero-order chi connectivity index (χ0) is 25.0. The predicted octanol–water partition coefficient (Wildman–Crippen LogP) is 6.13. The van der Waals surface area contributed by atoms with Gasteiger partial charge in [-0.3, -0.25) is 0 Å². The van der Waals surface area contributed by atoms with Crippen LogP contribution in [0.4, 0.5) is 0 Å². The number of aliphatic hydroxyl groups excluding tert-OH is 1. The molecule has 0 aliphatic heterocycles. The normalized spacial score (nSPS) is 14.3. The van der Waals surface area contributed by atoms with Crippen molar-refractivity contribution in [3.63, 3.8) is 0 Å². The minimum atomic E-state index is -0.626. The molecule has 35 heavy (non-hydrogen) atoms. The maximum atomic E-state index is 13.5. The van der Waals surface area contributed by atoms with Gasteiger partial charge in [0.2, 0.25) is 5.76 Å². The molecule has 184 valence electrons. The lowest BCUT2D eigenvalue weighted by atomic mass is 9.95. The maximum Gasteiger partial charge on any atom is 0.377 e. The number of carbonyl (C=O) groups is 1. The van der Waals surface area contributed by atoms with Crippen LogP contribution in [0.3, 0.4) is 0 Å². The third kappa shape index (κ3) is 7.72. The fraction of sp³-hybridized carbons (Fsp3) is 0.300. The molecule has 3 aromatic rings. The molecule has 3 atom stereocenters. The average Bonchev–Trinajstić information content (AvgIpc) is 2.87. The van der Waals surface area contributed by atoms with Crippen molar-refractivity contribution in [2.45, 2.75) is 52.6 Å². The molecule has 1 N–H and O–H groups in total. The average molecular weight is 475 g/mol.